The van der Waals surface area contributed by atoms with Gasteiger partial charge < -0.3 is 24.8 Å². The van der Waals surface area contributed by atoms with Crippen molar-refractivity contribution < 1.29 is 17.9 Å². The molecule has 1 aromatic carbocycles. The van der Waals surface area contributed by atoms with E-state index in [0.717, 1.165) is 81.1 Å². The number of carbonyl (C=O) groups excluding carboxylic acids is 1. The van der Waals surface area contributed by atoms with Gasteiger partial charge in [-0.3, -0.25) is 9.52 Å². The molecule has 0 bridgehead atoms. The molecule has 1 amide bonds. The number of amides is 1. The van der Waals surface area contributed by atoms with Crippen molar-refractivity contribution in [3.8, 4) is 0 Å². The molecule has 2 aromatic heterocycles. The van der Waals surface area contributed by atoms with Crippen LogP contribution in [0.1, 0.15) is 47.8 Å². The van der Waals surface area contributed by atoms with Crippen LogP contribution in [0, 0.1) is 0 Å². The number of likely N-dealkylation sites (tertiary alicyclic amines) is 1. The van der Waals surface area contributed by atoms with Gasteiger partial charge in [0, 0.05) is 55.9 Å². The van der Waals surface area contributed by atoms with Crippen LogP contribution in [0.2, 0.25) is 5.02 Å². The van der Waals surface area contributed by atoms with Gasteiger partial charge in [-0.25, -0.2) is 13.4 Å². The van der Waals surface area contributed by atoms with Crippen molar-refractivity contribution in [2.45, 2.75) is 37.8 Å². The van der Waals surface area contributed by atoms with Crippen molar-refractivity contribution in [2.24, 2.45) is 0 Å². The molecule has 0 radical (unpaired) electrons. The quantitative estimate of drug-likeness (QED) is 0.412. The summed E-state index contributed by atoms with van der Waals surface area (Å²) in [6.45, 7) is 5.14. The number of nitrogens with one attached hydrogen (secondary N) is 2. The Kier molecular flexibility index (Phi) is 8.18. The molecule has 12 nitrogen and oxygen atoms in total. The number of piperidine rings is 1. The maximum atomic E-state index is 14.0. The Morgan fingerprint density at radius 3 is 2.60 bits per heavy atom. The summed E-state index contributed by atoms with van der Waals surface area (Å²) in [5.74, 6) is 1.59. The van der Waals surface area contributed by atoms with Gasteiger partial charge >= 0.3 is 0 Å². The first kappa shape index (κ1) is 29.0. The number of hydrogen-bond acceptors (Lipinski definition) is 9. The summed E-state index contributed by atoms with van der Waals surface area (Å²) in [5.41, 5.74) is 1.91. The predicted octanol–water partition coefficient (Wildman–Crippen LogP) is 2.76. The van der Waals surface area contributed by atoms with Crippen LogP contribution in [0.15, 0.2) is 30.3 Å². The van der Waals surface area contributed by atoms with Crippen LogP contribution in [0.5, 0.6) is 0 Å². The van der Waals surface area contributed by atoms with Gasteiger partial charge in [0.25, 0.3) is 5.91 Å². The van der Waals surface area contributed by atoms with E-state index >= 15 is 0 Å². The number of anilines is 3. The van der Waals surface area contributed by atoms with Crippen molar-refractivity contribution >= 4 is 50.5 Å². The van der Waals surface area contributed by atoms with E-state index in [2.05, 4.69) is 25.9 Å². The van der Waals surface area contributed by atoms with Gasteiger partial charge in [-0.2, -0.15) is 9.61 Å². The minimum Gasteiger partial charge on any atom is -0.378 e. The molecule has 14 heteroatoms. The monoisotopic (exact) mass is 616 g/mol. The maximum Gasteiger partial charge on any atom is 0.256 e. The normalized spacial score (nSPS) is 21.7. The minimum absolute atomic E-state index is 0.206. The first-order valence-corrected chi connectivity index (χ1v) is 16.7. The molecular weight excluding hydrogens is 580 g/mol. The first-order chi connectivity index (χ1) is 20.2. The molecule has 2 N–H and O–H groups in total. The zero-order chi connectivity index (χ0) is 29.4. The fraction of sp³-hybridized carbons (Fsp3) is 0.536. The number of likely N-dealkylation sites (N-methyl/N-ethyl adjacent to an activating group) is 1. The summed E-state index contributed by atoms with van der Waals surface area (Å²) >= 11 is 6.26. The van der Waals surface area contributed by atoms with E-state index in [1.165, 1.54) is 12.1 Å². The van der Waals surface area contributed by atoms with E-state index in [-0.39, 0.29) is 23.2 Å². The number of morpholine rings is 1. The Hall–Kier alpha value is -3.13. The number of sulfonamides is 1. The molecular formula is C28H37ClN8O4S. The molecule has 0 saturated carbocycles. The van der Waals surface area contributed by atoms with Gasteiger partial charge in [-0.1, -0.05) is 11.6 Å². The zero-order valence-electron chi connectivity index (χ0n) is 23.9. The Balaban J connectivity index is 1.38. The van der Waals surface area contributed by atoms with E-state index in [9.17, 15) is 13.2 Å². The topological polar surface area (TPSA) is 124 Å². The van der Waals surface area contributed by atoms with E-state index in [4.69, 9.17) is 26.4 Å². The summed E-state index contributed by atoms with van der Waals surface area (Å²) < 4.78 is 34.1. The fourth-order valence-electron chi connectivity index (χ4n) is 6.13. The Bertz CT molecular complexity index is 1580. The second kappa shape index (κ2) is 11.9. The van der Waals surface area contributed by atoms with Crippen LogP contribution in [-0.2, 0) is 14.8 Å². The molecule has 2 unspecified atom stereocenters. The molecule has 3 fully saturated rings. The van der Waals surface area contributed by atoms with E-state index in [1.807, 2.05) is 17.6 Å². The predicted molar refractivity (Wildman–Crippen MR) is 163 cm³/mol. The standard InChI is InChI=1S/C28H37ClN8O4S/c1-30-20-8-10-35(18-20)25-17-27(34-11-13-41-14-12-34)37-26(31-25)16-23(32-37)24-5-3-4-9-36(24)28(38)21-15-19(29)6-7-22(21)33-42(2,39)40/h6-7,15-17,20,24,30,33H,3-5,8-14,18H2,1-2H3. The highest BCUT2D eigenvalue weighted by Crippen LogP contribution is 2.35. The third-order valence-electron chi connectivity index (χ3n) is 8.28. The Morgan fingerprint density at radius 1 is 1.05 bits per heavy atom. The van der Waals surface area contributed by atoms with Crippen molar-refractivity contribution in [3.63, 3.8) is 0 Å². The molecule has 3 aromatic rings. The van der Waals surface area contributed by atoms with Crippen molar-refractivity contribution in [1.29, 1.82) is 0 Å². The number of halogens is 1. The van der Waals surface area contributed by atoms with Crippen LogP contribution in [-0.4, -0.2) is 99.1 Å². The molecule has 5 heterocycles. The van der Waals surface area contributed by atoms with E-state index in [0.29, 0.717) is 30.8 Å². The number of fused-ring (bicyclic) bond motifs is 1. The highest BCUT2D eigenvalue weighted by Gasteiger charge is 2.33. The number of nitrogens with zero attached hydrogens (tertiary/aromatic N) is 6. The molecule has 0 spiro atoms. The first-order valence-electron chi connectivity index (χ1n) is 14.4. The average molecular weight is 617 g/mol. The van der Waals surface area contributed by atoms with Crippen LogP contribution in [0.3, 0.4) is 0 Å². The molecule has 3 aliphatic rings. The van der Waals surface area contributed by atoms with Gasteiger partial charge in [0.1, 0.15) is 11.6 Å². The lowest BCUT2D eigenvalue weighted by Crippen LogP contribution is -2.39. The van der Waals surface area contributed by atoms with E-state index in [1.54, 1.807) is 11.0 Å². The number of hydrogen-bond donors (Lipinski definition) is 2. The van der Waals surface area contributed by atoms with Gasteiger partial charge in [-0.15, -0.1) is 0 Å². The van der Waals surface area contributed by atoms with Crippen LogP contribution >= 0.6 is 11.6 Å². The van der Waals surface area contributed by atoms with Crippen molar-refractivity contribution in [1.82, 2.24) is 24.8 Å². The van der Waals surface area contributed by atoms with Crippen LogP contribution in [0.25, 0.3) is 5.65 Å². The van der Waals surface area contributed by atoms with Gasteiger partial charge in [0.05, 0.1) is 42.5 Å². The summed E-state index contributed by atoms with van der Waals surface area (Å²) in [5, 5.41) is 8.78. The van der Waals surface area contributed by atoms with Gasteiger partial charge in [-0.05, 0) is 50.9 Å². The minimum atomic E-state index is -3.60. The third kappa shape index (κ3) is 6.01. The van der Waals surface area contributed by atoms with Crippen molar-refractivity contribution in [2.75, 3.05) is 73.8 Å². The third-order valence-corrected chi connectivity index (χ3v) is 9.11. The number of benzene rings is 1. The smallest absolute Gasteiger partial charge is 0.256 e. The lowest BCUT2D eigenvalue weighted by Gasteiger charge is -2.35. The maximum absolute atomic E-state index is 14.0. The fourth-order valence-corrected chi connectivity index (χ4v) is 6.88. The number of aromatic nitrogens is 3. The highest BCUT2D eigenvalue weighted by atomic mass is 35.5. The van der Waals surface area contributed by atoms with Crippen LogP contribution in [0.4, 0.5) is 17.3 Å². The number of carbonyl (C=O) groups is 1. The lowest BCUT2D eigenvalue weighted by atomic mass is 9.98. The van der Waals surface area contributed by atoms with Crippen LogP contribution < -0.4 is 19.8 Å². The zero-order valence-corrected chi connectivity index (χ0v) is 25.5. The molecule has 2 atom stereocenters. The molecule has 0 aliphatic carbocycles. The second-order valence-corrected chi connectivity index (χ2v) is 13.4. The van der Waals surface area contributed by atoms with Gasteiger partial charge in [0.2, 0.25) is 10.0 Å². The lowest BCUT2D eigenvalue weighted by molar-refractivity contribution is 0.0607. The average Bonchev–Trinajstić information content (AvgIpc) is 3.64. The molecule has 3 aliphatic heterocycles. The van der Waals surface area contributed by atoms with Gasteiger partial charge in [0.15, 0.2) is 5.65 Å². The molecule has 226 valence electrons. The molecule has 6 rings (SSSR count). The molecule has 3 saturated heterocycles. The van der Waals surface area contributed by atoms with Crippen molar-refractivity contribution in [3.05, 3.63) is 46.6 Å². The van der Waals surface area contributed by atoms with E-state index < -0.39 is 10.0 Å². The summed E-state index contributed by atoms with van der Waals surface area (Å²) in [6.07, 6.45) is 4.64. The largest absolute Gasteiger partial charge is 0.378 e. The SMILES string of the molecule is CNC1CCN(c2cc(N3CCOCC3)n3nc(C4CCCCN4C(=O)c4cc(Cl)ccc4NS(C)(=O)=O)cc3n2)C1. The Labute approximate surface area is 251 Å². The summed E-state index contributed by atoms with van der Waals surface area (Å²) in [6, 6.07) is 8.85. The highest BCUT2D eigenvalue weighted by molar-refractivity contribution is 7.92. The Morgan fingerprint density at radius 2 is 1.86 bits per heavy atom. The number of rotatable bonds is 7. The summed E-state index contributed by atoms with van der Waals surface area (Å²) in [4.78, 5) is 25.4. The number of ether oxygens (including phenoxy) is 1. The summed E-state index contributed by atoms with van der Waals surface area (Å²) in [7, 11) is -1.61. The second-order valence-electron chi connectivity index (χ2n) is 11.2. The molecule has 42 heavy (non-hydrogen) atoms.